The summed E-state index contributed by atoms with van der Waals surface area (Å²) >= 11 is 0. The first-order valence-corrected chi connectivity index (χ1v) is 7.77. The Morgan fingerprint density at radius 2 is 1.50 bits per heavy atom. The molecule has 0 unspecified atom stereocenters. The van der Waals surface area contributed by atoms with Crippen molar-refractivity contribution < 1.29 is 35.5 Å². The molecule has 3 nitrogen and oxygen atoms in total. The first-order valence-electron chi connectivity index (χ1n) is 7.77. The Morgan fingerprint density at radius 3 is 2.00 bits per heavy atom. The number of aliphatic imine (C=N–C) groups is 1. The number of nitrogens with zero attached hydrogens (tertiary/aromatic N) is 1. The van der Waals surface area contributed by atoms with Gasteiger partial charge in [-0.15, -0.1) is 0 Å². The lowest BCUT2D eigenvalue weighted by Gasteiger charge is -2.21. The molecule has 0 amide bonds. The van der Waals surface area contributed by atoms with Gasteiger partial charge in [-0.3, -0.25) is 0 Å². The Balaban J connectivity index is 1.96. The maximum atomic E-state index is 14.3. The smallest absolute Gasteiger partial charge is 0.429 e. The molecule has 28 heavy (non-hydrogen) atoms. The largest absolute Gasteiger partial charge is 0.432 e. The van der Waals surface area contributed by atoms with Crippen molar-refractivity contribution in [1.82, 2.24) is 5.32 Å². The van der Waals surface area contributed by atoms with E-state index < -0.39 is 46.5 Å². The zero-order chi connectivity index (χ0) is 20.6. The molecule has 148 valence electrons. The second-order valence-corrected chi connectivity index (χ2v) is 5.94. The summed E-state index contributed by atoms with van der Waals surface area (Å²) in [6.07, 6.45) is -3.19. The normalized spacial score (nSPS) is 14.3. The Bertz CT molecular complexity index is 955. The molecule has 1 N–H and O–H groups in total. The number of hydrogen-bond acceptors (Lipinski definition) is 3. The third kappa shape index (κ3) is 3.80. The van der Waals surface area contributed by atoms with Gasteiger partial charge in [0.2, 0.25) is 0 Å². The zero-order valence-corrected chi connectivity index (χ0v) is 14.1. The standard InChI is InChI=1S/C18H11F7N2O/c1-8-6-26-17(27-7-8)9-2-11(19)15(12(20)3-9)18(24,25)28-10-4-13(21)16(23)14(22)5-10/h2-6H,7H2,1H3,(H,26,27). The van der Waals surface area contributed by atoms with Crippen molar-refractivity contribution in [2.75, 3.05) is 6.54 Å². The van der Waals surface area contributed by atoms with E-state index in [1.54, 1.807) is 6.92 Å². The van der Waals surface area contributed by atoms with Crippen molar-refractivity contribution >= 4 is 5.84 Å². The summed E-state index contributed by atoms with van der Waals surface area (Å²) in [5, 5.41) is 2.77. The third-order valence-electron chi connectivity index (χ3n) is 3.76. The summed E-state index contributed by atoms with van der Waals surface area (Å²) in [4.78, 5) is 3.92. The van der Waals surface area contributed by atoms with Crippen LogP contribution in [-0.4, -0.2) is 12.4 Å². The number of benzene rings is 2. The molecule has 0 fully saturated rings. The number of rotatable bonds is 4. The van der Waals surface area contributed by atoms with Gasteiger partial charge >= 0.3 is 6.11 Å². The van der Waals surface area contributed by atoms with E-state index >= 15 is 0 Å². The molecule has 0 aliphatic carbocycles. The molecule has 0 saturated carbocycles. The molecular weight excluding hydrogens is 393 g/mol. The van der Waals surface area contributed by atoms with Gasteiger partial charge in [0.15, 0.2) is 17.5 Å². The predicted molar refractivity (Wildman–Crippen MR) is 85.5 cm³/mol. The first kappa shape index (κ1) is 19.7. The minimum Gasteiger partial charge on any atom is -0.429 e. The van der Waals surface area contributed by atoms with Crippen LogP contribution in [0.25, 0.3) is 0 Å². The van der Waals surface area contributed by atoms with Crippen LogP contribution in [0, 0.1) is 29.1 Å². The molecule has 0 spiro atoms. The predicted octanol–water partition coefficient (Wildman–Crippen LogP) is 4.76. The van der Waals surface area contributed by atoms with Crippen LogP contribution in [-0.2, 0) is 6.11 Å². The lowest BCUT2D eigenvalue weighted by molar-refractivity contribution is -0.189. The summed E-state index contributed by atoms with van der Waals surface area (Å²) < 4.78 is 100. The van der Waals surface area contributed by atoms with Crippen molar-refractivity contribution in [3.8, 4) is 5.75 Å². The van der Waals surface area contributed by atoms with E-state index in [1.807, 2.05) is 0 Å². The number of amidine groups is 1. The van der Waals surface area contributed by atoms with Crippen molar-refractivity contribution in [3.05, 3.63) is 76.3 Å². The topological polar surface area (TPSA) is 33.6 Å². The van der Waals surface area contributed by atoms with Crippen molar-refractivity contribution in [2.45, 2.75) is 13.0 Å². The van der Waals surface area contributed by atoms with Gasteiger partial charge < -0.3 is 10.1 Å². The minimum atomic E-state index is -4.64. The molecule has 0 radical (unpaired) electrons. The average molecular weight is 404 g/mol. The molecule has 1 heterocycles. The summed E-state index contributed by atoms with van der Waals surface area (Å²) in [7, 11) is 0. The number of hydrogen-bond donors (Lipinski definition) is 1. The van der Waals surface area contributed by atoms with Gasteiger partial charge in [-0.2, -0.15) is 8.78 Å². The van der Waals surface area contributed by atoms with Gasteiger partial charge in [-0.1, -0.05) is 0 Å². The van der Waals surface area contributed by atoms with Crippen LogP contribution in [0.5, 0.6) is 5.75 Å². The van der Waals surface area contributed by atoms with Gasteiger partial charge in [0, 0.05) is 30.4 Å². The van der Waals surface area contributed by atoms with E-state index in [-0.39, 0.29) is 23.5 Å². The van der Waals surface area contributed by atoms with Gasteiger partial charge in [0.1, 0.15) is 28.8 Å². The summed E-state index contributed by atoms with van der Waals surface area (Å²) in [6, 6.07) is 1.49. The molecule has 2 aromatic rings. The van der Waals surface area contributed by atoms with E-state index in [4.69, 9.17) is 0 Å². The van der Waals surface area contributed by atoms with Crippen LogP contribution in [0.1, 0.15) is 18.1 Å². The molecule has 10 heteroatoms. The lowest BCUT2D eigenvalue weighted by Crippen LogP contribution is -2.30. The Kier molecular flexibility index (Phi) is 5.05. The number of alkyl halides is 2. The van der Waals surface area contributed by atoms with Gasteiger partial charge in [0.25, 0.3) is 0 Å². The van der Waals surface area contributed by atoms with Crippen LogP contribution in [0.3, 0.4) is 0 Å². The molecular formula is C18H11F7N2O. The van der Waals surface area contributed by atoms with Crippen molar-refractivity contribution in [2.24, 2.45) is 4.99 Å². The third-order valence-corrected chi connectivity index (χ3v) is 3.76. The highest BCUT2D eigenvalue weighted by Gasteiger charge is 2.41. The SMILES string of the molecule is CC1=CN=C(c2cc(F)c(C(F)(F)Oc3cc(F)c(F)c(F)c3)c(F)c2)NC1. The Morgan fingerprint density at radius 1 is 0.929 bits per heavy atom. The zero-order valence-electron chi connectivity index (χ0n) is 14.1. The maximum Gasteiger partial charge on any atom is 0.432 e. The maximum absolute atomic E-state index is 14.3. The highest BCUT2D eigenvalue weighted by molar-refractivity contribution is 5.99. The van der Waals surface area contributed by atoms with E-state index in [9.17, 15) is 30.7 Å². The molecule has 0 bridgehead atoms. The van der Waals surface area contributed by atoms with Crippen LogP contribution < -0.4 is 10.1 Å². The highest BCUT2D eigenvalue weighted by Crippen LogP contribution is 2.36. The van der Waals surface area contributed by atoms with Gasteiger partial charge in [0.05, 0.1) is 0 Å². The fourth-order valence-corrected chi connectivity index (χ4v) is 2.44. The quantitative estimate of drug-likeness (QED) is 0.589. The molecule has 0 atom stereocenters. The molecule has 3 rings (SSSR count). The molecule has 1 aliphatic rings. The number of nitrogens with one attached hydrogen (secondary N) is 1. The van der Waals surface area contributed by atoms with Crippen LogP contribution in [0.15, 0.2) is 41.0 Å². The van der Waals surface area contributed by atoms with Crippen LogP contribution in [0.2, 0.25) is 0 Å². The fraction of sp³-hybridized carbons (Fsp3) is 0.167. The summed E-state index contributed by atoms with van der Waals surface area (Å²) in [5.74, 6) is -9.91. The van der Waals surface area contributed by atoms with E-state index in [2.05, 4.69) is 15.0 Å². The van der Waals surface area contributed by atoms with E-state index in [0.29, 0.717) is 18.7 Å². The molecule has 1 aliphatic heterocycles. The molecule has 0 aromatic heterocycles. The average Bonchev–Trinajstić information content (AvgIpc) is 2.59. The van der Waals surface area contributed by atoms with E-state index in [0.717, 1.165) is 5.57 Å². The lowest BCUT2D eigenvalue weighted by atomic mass is 10.1. The van der Waals surface area contributed by atoms with E-state index in [1.165, 1.54) is 6.20 Å². The van der Waals surface area contributed by atoms with Crippen molar-refractivity contribution in [3.63, 3.8) is 0 Å². The Hall–Kier alpha value is -3.04. The van der Waals surface area contributed by atoms with Crippen molar-refractivity contribution in [1.29, 1.82) is 0 Å². The second-order valence-electron chi connectivity index (χ2n) is 5.94. The minimum absolute atomic E-state index is 0.0712. The molecule has 2 aromatic carbocycles. The Labute approximate surface area is 154 Å². The molecule has 0 saturated heterocycles. The fourth-order valence-electron chi connectivity index (χ4n) is 2.44. The summed E-state index contributed by atoms with van der Waals surface area (Å²) in [6.45, 7) is 2.11. The van der Waals surface area contributed by atoms with Gasteiger partial charge in [-0.05, 0) is 24.6 Å². The van der Waals surface area contributed by atoms with Crippen LogP contribution in [0.4, 0.5) is 30.7 Å². The summed E-state index contributed by atoms with van der Waals surface area (Å²) in [5.41, 5.74) is -1.05. The number of ether oxygens (including phenoxy) is 1. The highest BCUT2D eigenvalue weighted by atomic mass is 19.3. The number of halogens is 7. The monoisotopic (exact) mass is 404 g/mol. The van der Waals surface area contributed by atoms with Gasteiger partial charge in [-0.25, -0.2) is 26.9 Å². The first-order chi connectivity index (χ1) is 13.1. The van der Waals surface area contributed by atoms with Crippen LogP contribution >= 0.6 is 0 Å². The second kappa shape index (κ2) is 7.17.